The van der Waals surface area contributed by atoms with Crippen LogP contribution in [0.2, 0.25) is 0 Å². The second-order valence-corrected chi connectivity index (χ2v) is 7.89. The maximum Gasteiger partial charge on any atom is 0.136 e. The number of furan rings is 1. The van der Waals surface area contributed by atoms with Crippen LogP contribution in [0.3, 0.4) is 0 Å². The first-order valence-corrected chi connectivity index (χ1v) is 9.93. The third kappa shape index (κ3) is 2.16. The van der Waals surface area contributed by atoms with Gasteiger partial charge in [0.2, 0.25) is 0 Å². The molecule has 1 heteroatoms. The van der Waals surface area contributed by atoms with E-state index in [-0.39, 0.29) is 0 Å². The zero-order valence-electron chi connectivity index (χ0n) is 15.6. The van der Waals surface area contributed by atoms with Crippen LogP contribution in [0, 0.1) is 0 Å². The van der Waals surface area contributed by atoms with E-state index in [0.29, 0.717) is 0 Å². The van der Waals surface area contributed by atoms with Crippen molar-refractivity contribution in [2.45, 2.75) is 0 Å². The largest absolute Gasteiger partial charge is 0.456 e. The third-order valence-corrected chi connectivity index (χ3v) is 6.12. The minimum atomic E-state index is 0.947. The van der Waals surface area contributed by atoms with Crippen LogP contribution < -0.4 is 0 Å². The number of benzene rings is 6. The molecule has 0 saturated heterocycles. The number of hydrogen-bond donors (Lipinski definition) is 0. The zero-order valence-corrected chi connectivity index (χ0v) is 15.6. The molecule has 0 aliphatic heterocycles. The van der Waals surface area contributed by atoms with E-state index < -0.39 is 0 Å². The van der Waals surface area contributed by atoms with Crippen LogP contribution in [-0.4, -0.2) is 0 Å². The zero-order chi connectivity index (χ0) is 18.9. The molecular formula is C28H16O. The van der Waals surface area contributed by atoms with E-state index in [2.05, 4.69) is 97.1 Å². The van der Waals surface area contributed by atoms with E-state index in [9.17, 15) is 0 Å². The van der Waals surface area contributed by atoms with Gasteiger partial charge in [-0.15, -0.1) is 0 Å². The lowest BCUT2D eigenvalue weighted by Gasteiger charge is -2.03. The van der Waals surface area contributed by atoms with Gasteiger partial charge in [0.1, 0.15) is 11.2 Å². The number of rotatable bonds is 0. The van der Waals surface area contributed by atoms with Gasteiger partial charge in [-0.3, -0.25) is 0 Å². The van der Waals surface area contributed by atoms with E-state index in [1.165, 1.54) is 53.9 Å². The van der Waals surface area contributed by atoms with E-state index in [4.69, 9.17) is 4.42 Å². The second kappa shape index (κ2) is 5.36. The molecule has 6 aromatic carbocycles. The summed E-state index contributed by atoms with van der Waals surface area (Å²) < 4.78 is 6.29. The molecule has 0 N–H and O–H groups in total. The highest BCUT2D eigenvalue weighted by atomic mass is 16.3. The molecule has 0 bridgehead atoms. The van der Waals surface area contributed by atoms with Gasteiger partial charge in [-0.1, -0.05) is 48.5 Å². The van der Waals surface area contributed by atoms with Crippen LogP contribution in [0.15, 0.2) is 101 Å². The summed E-state index contributed by atoms with van der Waals surface area (Å²) in [4.78, 5) is 0. The van der Waals surface area contributed by atoms with Crippen molar-refractivity contribution in [1.82, 2.24) is 0 Å². The topological polar surface area (TPSA) is 13.1 Å². The molecule has 0 unspecified atom stereocenters. The lowest BCUT2D eigenvalue weighted by atomic mass is 9.99. The van der Waals surface area contributed by atoms with Gasteiger partial charge in [0.15, 0.2) is 0 Å². The Morgan fingerprint density at radius 2 is 0.690 bits per heavy atom. The quantitative estimate of drug-likeness (QED) is 0.246. The van der Waals surface area contributed by atoms with Crippen molar-refractivity contribution in [3.8, 4) is 0 Å². The van der Waals surface area contributed by atoms with Crippen molar-refractivity contribution in [2.75, 3.05) is 0 Å². The molecule has 0 amide bonds. The van der Waals surface area contributed by atoms with Crippen LogP contribution >= 0.6 is 0 Å². The van der Waals surface area contributed by atoms with Crippen molar-refractivity contribution in [3.63, 3.8) is 0 Å². The molecule has 7 rings (SSSR count). The summed E-state index contributed by atoms with van der Waals surface area (Å²) in [6, 6.07) is 35.0. The number of hydrogen-bond acceptors (Lipinski definition) is 1. The molecule has 0 aliphatic rings. The minimum Gasteiger partial charge on any atom is -0.456 e. The third-order valence-electron chi connectivity index (χ3n) is 6.12. The second-order valence-electron chi connectivity index (χ2n) is 7.89. The Morgan fingerprint density at radius 3 is 1.07 bits per heavy atom. The van der Waals surface area contributed by atoms with Crippen LogP contribution in [0.25, 0.3) is 65.0 Å². The Labute approximate surface area is 166 Å². The molecule has 0 atom stereocenters. The standard InChI is InChI=1S/C28H16O/c1-3-7-19-11-23-15-27-25(13-21(23)9-17(19)5-1)26-14-22-10-18-6-2-4-8-20(18)12-24(22)16-28(26)29-27/h1-16H. The average molecular weight is 368 g/mol. The molecule has 0 radical (unpaired) electrons. The molecule has 1 aromatic heterocycles. The summed E-state index contributed by atoms with van der Waals surface area (Å²) in [6.07, 6.45) is 0. The fourth-order valence-electron chi connectivity index (χ4n) is 4.65. The van der Waals surface area contributed by atoms with Gasteiger partial charge < -0.3 is 4.42 Å². The molecular weight excluding hydrogens is 352 g/mol. The summed E-state index contributed by atoms with van der Waals surface area (Å²) in [7, 11) is 0. The predicted molar refractivity (Wildman–Crippen MR) is 124 cm³/mol. The molecule has 7 aromatic rings. The van der Waals surface area contributed by atoms with Crippen molar-refractivity contribution in [2.24, 2.45) is 0 Å². The summed E-state index contributed by atoms with van der Waals surface area (Å²) in [5.74, 6) is 0. The monoisotopic (exact) mass is 368 g/mol. The van der Waals surface area contributed by atoms with E-state index in [1.807, 2.05) is 0 Å². The van der Waals surface area contributed by atoms with Crippen LogP contribution in [-0.2, 0) is 0 Å². The Balaban J connectivity index is 1.59. The highest BCUT2D eigenvalue weighted by Gasteiger charge is 2.11. The van der Waals surface area contributed by atoms with Gasteiger partial charge in [-0.05, 0) is 91.6 Å². The first-order chi connectivity index (χ1) is 14.3. The Kier molecular flexibility index (Phi) is 2.80. The predicted octanol–water partition coefficient (Wildman–Crippen LogP) is 8.20. The highest BCUT2D eigenvalue weighted by molar-refractivity contribution is 6.15. The first-order valence-electron chi connectivity index (χ1n) is 9.93. The van der Waals surface area contributed by atoms with Gasteiger partial charge in [0.25, 0.3) is 0 Å². The fraction of sp³-hybridized carbons (Fsp3) is 0. The van der Waals surface area contributed by atoms with Gasteiger partial charge in [-0.25, -0.2) is 0 Å². The Morgan fingerprint density at radius 1 is 0.345 bits per heavy atom. The van der Waals surface area contributed by atoms with Crippen molar-refractivity contribution >= 4 is 65.0 Å². The molecule has 0 fully saturated rings. The fourth-order valence-corrected chi connectivity index (χ4v) is 4.65. The lowest BCUT2D eigenvalue weighted by molar-refractivity contribution is 0.670. The first kappa shape index (κ1) is 15.1. The Hall–Kier alpha value is -3.84. The van der Waals surface area contributed by atoms with Crippen LogP contribution in [0.1, 0.15) is 0 Å². The molecule has 1 nitrogen and oxygen atoms in total. The average Bonchev–Trinajstić information content (AvgIpc) is 3.09. The van der Waals surface area contributed by atoms with E-state index in [1.54, 1.807) is 0 Å². The normalized spacial score (nSPS) is 12.1. The van der Waals surface area contributed by atoms with Crippen molar-refractivity contribution < 1.29 is 4.42 Å². The van der Waals surface area contributed by atoms with E-state index in [0.717, 1.165) is 11.2 Å². The van der Waals surface area contributed by atoms with Gasteiger partial charge >= 0.3 is 0 Å². The smallest absolute Gasteiger partial charge is 0.136 e. The summed E-state index contributed by atoms with van der Waals surface area (Å²) in [5.41, 5.74) is 1.89. The van der Waals surface area contributed by atoms with E-state index >= 15 is 0 Å². The van der Waals surface area contributed by atoms with Crippen LogP contribution in [0.4, 0.5) is 0 Å². The molecule has 1 heterocycles. The van der Waals surface area contributed by atoms with Crippen LogP contribution in [0.5, 0.6) is 0 Å². The maximum absolute atomic E-state index is 6.29. The summed E-state index contributed by atoms with van der Waals surface area (Å²) in [6.45, 7) is 0. The Bertz CT molecular complexity index is 1620. The molecule has 0 saturated carbocycles. The summed E-state index contributed by atoms with van der Waals surface area (Å²) in [5, 5.41) is 12.3. The molecule has 134 valence electrons. The molecule has 29 heavy (non-hydrogen) atoms. The van der Waals surface area contributed by atoms with Gasteiger partial charge in [0, 0.05) is 10.8 Å². The molecule has 0 aliphatic carbocycles. The molecule has 0 spiro atoms. The van der Waals surface area contributed by atoms with Gasteiger partial charge in [-0.2, -0.15) is 0 Å². The van der Waals surface area contributed by atoms with Crippen molar-refractivity contribution in [1.29, 1.82) is 0 Å². The van der Waals surface area contributed by atoms with Crippen molar-refractivity contribution in [3.05, 3.63) is 97.1 Å². The SMILES string of the molecule is c1ccc2cc3cc4c(cc3cc2c1)oc1cc2cc3ccccc3cc2cc14. The number of fused-ring (bicyclic) bond motifs is 7. The van der Waals surface area contributed by atoms with Gasteiger partial charge in [0.05, 0.1) is 0 Å². The maximum atomic E-state index is 6.29. The lowest BCUT2D eigenvalue weighted by Crippen LogP contribution is -1.78. The minimum absolute atomic E-state index is 0.947. The summed E-state index contributed by atoms with van der Waals surface area (Å²) >= 11 is 0. The highest BCUT2D eigenvalue weighted by Crippen LogP contribution is 2.36.